The highest BCUT2D eigenvalue weighted by atomic mass is 32.2. The van der Waals surface area contributed by atoms with Crippen molar-refractivity contribution in [2.75, 3.05) is 13.2 Å². The van der Waals surface area contributed by atoms with Crippen LogP contribution < -0.4 is 10.5 Å². The molecule has 0 unspecified atom stereocenters. The normalized spacial score (nSPS) is 13.3. The van der Waals surface area contributed by atoms with Crippen molar-refractivity contribution >= 4 is 22.0 Å². The number of rotatable bonds is 7. The van der Waals surface area contributed by atoms with Crippen molar-refractivity contribution in [2.24, 2.45) is 5.73 Å². The van der Waals surface area contributed by atoms with Crippen LogP contribution in [0.3, 0.4) is 0 Å². The van der Waals surface area contributed by atoms with Gasteiger partial charge < -0.3 is 26.2 Å². The summed E-state index contributed by atoms with van der Waals surface area (Å²) < 4.78 is 25.4. The summed E-state index contributed by atoms with van der Waals surface area (Å²) >= 11 is 0. The second-order valence-electron chi connectivity index (χ2n) is 4.64. The number of benzene rings is 1. The molecule has 10 nitrogen and oxygen atoms in total. The molecule has 0 heterocycles. The van der Waals surface area contributed by atoms with Crippen LogP contribution in [0.25, 0.3) is 0 Å². The maximum absolute atomic E-state index is 11.7. The van der Waals surface area contributed by atoms with Gasteiger partial charge in [0.15, 0.2) is 0 Å². The van der Waals surface area contributed by atoms with Gasteiger partial charge in [-0.25, -0.2) is 8.42 Å². The van der Waals surface area contributed by atoms with Gasteiger partial charge in [-0.05, 0) is 19.1 Å². The molecule has 136 valence electrons. The predicted molar refractivity (Wildman–Crippen MR) is 82.7 cm³/mol. The van der Waals surface area contributed by atoms with Crippen LogP contribution in [0.1, 0.15) is 5.56 Å². The predicted octanol–water partition coefficient (Wildman–Crippen LogP) is -1.89. The highest BCUT2D eigenvalue weighted by molar-refractivity contribution is 7.89. The Morgan fingerprint density at radius 2 is 1.58 bits per heavy atom. The highest BCUT2D eigenvalue weighted by Crippen LogP contribution is 2.10. The van der Waals surface area contributed by atoms with Gasteiger partial charge in [0.2, 0.25) is 10.0 Å². The monoisotopic (exact) mass is 364 g/mol. The lowest BCUT2D eigenvalue weighted by Crippen LogP contribution is -2.43. The fraction of sp³-hybridized carbons (Fsp3) is 0.385. The molecule has 24 heavy (non-hydrogen) atoms. The zero-order valence-electron chi connectivity index (χ0n) is 12.8. The molecule has 2 atom stereocenters. The second-order valence-corrected chi connectivity index (χ2v) is 6.35. The summed E-state index contributed by atoms with van der Waals surface area (Å²) in [7, 11) is -3.92. The molecule has 1 aromatic carbocycles. The number of carboxylic acid groups (broad SMARTS) is 2. The van der Waals surface area contributed by atoms with Crippen molar-refractivity contribution in [3.05, 3.63) is 29.8 Å². The van der Waals surface area contributed by atoms with E-state index in [9.17, 15) is 18.0 Å². The lowest BCUT2D eigenvalue weighted by Gasteiger charge is -2.12. The summed E-state index contributed by atoms with van der Waals surface area (Å²) in [4.78, 5) is 20.2. The average molecular weight is 364 g/mol. The number of aryl methyl sites for hydroxylation is 1. The van der Waals surface area contributed by atoms with Gasteiger partial charge in [0.1, 0.15) is 12.1 Å². The zero-order valence-corrected chi connectivity index (χ0v) is 13.6. The van der Waals surface area contributed by atoms with E-state index in [1.165, 1.54) is 12.1 Å². The first-order chi connectivity index (χ1) is 11.0. The fourth-order valence-electron chi connectivity index (χ4n) is 1.22. The molecule has 0 radical (unpaired) electrons. The highest BCUT2D eigenvalue weighted by Gasteiger charge is 2.24. The number of aliphatic carboxylic acids is 2. The van der Waals surface area contributed by atoms with Crippen molar-refractivity contribution in [3.8, 4) is 0 Å². The molecule has 0 saturated carbocycles. The number of aliphatic hydroxyl groups excluding tert-OH is 2. The van der Waals surface area contributed by atoms with Crippen LogP contribution in [0.5, 0.6) is 0 Å². The molecule has 0 aromatic heterocycles. The van der Waals surface area contributed by atoms with Crippen LogP contribution in [0.15, 0.2) is 29.2 Å². The third-order valence-electron chi connectivity index (χ3n) is 2.62. The lowest BCUT2D eigenvalue weighted by molar-refractivity contribution is -0.140. The standard InChI is InChI=1S/C10H13NO5S.C3H7NO3/c1-7-2-4-8(5-3-7)17(15,16)11-9(6-12)10(13)14;4-2(1-5)3(6)7/h2-5,9,11-12H,6H2,1H3,(H,13,14);2,5H,1,4H2,(H,6,7)/t9-;2-/m00/s1. The Kier molecular flexibility index (Phi) is 9.10. The lowest BCUT2D eigenvalue weighted by atomic mass is 10.2. The first-order valence-electron chi connectivity index (χ1n) is 6.57. The molecule has 0 spiro atoms. The quantitative estimate of drug-likeness (QED) is 0.321. The molecular weight excluding hydrogens is 344 g/mol. The van der Waals surface area contributed by atoms with Crippen molar-refractivity contribution in [3.63, 3.8) is 0 Å². The van der Waals surface area contributed by atoms with Gasteiger partial charge in [0.05, 0.1) is 18.1 Å². The molecule has 0 aliphatic heterocycles. The first-order valence-corrected chi connectivity index (χ1v) is 8.05. The number of carbonyl (C=O) groups is 2. The minimum absolute atomic E-state index is 0.0391. The van der Waals surface area contributed by atoms with Gasteiger partial charge >= 0.3 is 11.9 Å². The molecule has 0 fully saturated rings. The van der Waals surface area contributed by atoms with Crippen molar-refractivity contribution in [1.29, 1.82) is 0 Å². The number of sulfonamides is 1. The van der Waals surface area contributed by atoms with Crippen LogP contribution >= 0.6 is 0 Å². The second kappa shape index (κ2) is 9.95. The summed E-state index contributed by atoms with van der Waals surface area (Å²) in [5, 5.41) is 33.3. The van der Waals surface area contributed by atoms with Crippen LogP contribution in [0.2, 0.25) is 0 Å². The number of nitrogens with two attached hydrogens (primary N) is 1. The molecule has 0 bridgehead atoms. The molecule has 0 aliphatic rings. The summed E-state index contributed by atoms with van der Waals surface area (Å²) in [5.74, 6) is -2.61. The Morgan fingerprint density at radius 1 is 1.08 bits per heavy atom. The third-order valence-corrected chi connectivity index (χ3v) is 4.11. The molecule has 0 amide bonds. The number of nitrogens with one attached hydrogen (secondary N) is 1. The number of hydrogen-bond acceptors (Lipinski definition) is 7. The Morgan fingerprint density at radius 3 is 1.88 bits per heavy atom. The van der Waals surface area contributed by atoms with Crippen LogP contribution in [0.4, 0.5) is 0 Å². The average Bonchev–Trinajstić information content (AvgIpc) is 2.52. The van der Waals surface area contributed by atoms with E-state index in [-0.39, 0.29) is 4.90 Å². The molecular formula is C13H20N2O8S. The van der Waals surface area contributed by atoms with Crippen LogP contribution in [-0.2, 0) is 19.6 Å². The Hall–Kier alpha value is -2.05. The van der Waals surface area contributed by atoms with E-state index in [4.69, 9.17) is 26.2 Å². The maximum Gasteiger partial charge on any atom is 0.324 e. The Bertz CT molecular complexity index is 644. The number of carboxylic acids is 2. The molecule has 7 N–H and O–H groups in total. The summed E-state index contributed by atoms with van der Waals surface area (Å²) in [6.07, 6.45) is 0. The maximum atomic E-state index is 11.7. The third kappa shape index (κ3) is 7.48. The van der Waals surface area contributed by atoms with E-state index in [1.54, 1.807) is 19.1 Å². The smallest absolute Gasteiger partial charge is 0.324 e. The Labute approximate surface area is 138 Å². The van der Waals surface area contributed by atoms with E-state index in [1.807, 2.05) is 4.72 Å². The van der Waals surface area contributed by atoms with E-state index >= 15 is 0 Å². The minimum Gasteiger partial charge on any atom is -0.480 e. The van der Waals surface area contributed by atoms with Crippen LogP contribution in [-0.4, -0.2) is 66.1 Å². The Balaban J connectivity index is 0.000000640. The summed E-state index contributed by atoms with van der Waals surface area (Å²) in [6, 6.07) is 3.27. The van der Waals surface area contributed by atoms with E-state index in [2.05, 4.69) is 0 Å². The summed E-state index contributed by atoms with van der Waals surface area (Å²) in [6.45, 7) is 0.493. The largest absolute Gasteiger partial charge is 0.480 e. The zero-order chi connectivity index (χ0) is 18.9. The first kappa shape index (κ1) is 21.9. The molecule has 0 saturated heterocycles. The molecule has 11 heteroatoms. The minimum atomic E-state index is -3.92. The van der Waals surface area contributed by atoms with Gasteiger partial charge in [-0.3, -0.25) is 9.59 Å². The molecule has 1 aromatic rings. The van der Waals surface area contributed by atoms with E-state index in [0.717, 1.165) is 5.56 Å². The number of aliphatic hydroxyl groups is 2. The molecule has 1 rings (SSSR count). The van der Waals surface area contributed by atoms with E-state index in [0.29, 0.717) is 0 Å². The van der Waals surface area contributed by atoms with Gasteiger partial charge in [-0.1, -0.05) is 17.7 Å². The van der Waals surface area contributed by atoms with Crippen molar-refractivity contribution in [1.82, 2.24) is 4.72 Å². The molecule has 0 aliphatic carbocycles. The SMILES string of the molecule is Cc1ccc(S(=O)(=O)N[C@@H](CO)C(=O)O)cc1.N[C@@H](CO)C(=O)O. The van der Waals surface area contributed by atoms with E-state index < -0.39 is 47.3 Å². The van der Waals surface area contributed by atoms with Crippen molar-refractivity contribution in [2.45, 2.75) is 23.9 Å². The van der Waals surface area contributed by atoms with Gasteiger partial charge in [0, 0.05) is 0 Å². The topological polar surface area (TPSA) is 187 Å². The summed E-state index contributed by atoms with van der Waals surface area (Å²) in [5.41, 5.74) is 5.66. The number of hydrogen-bond donors (Lipinski definition) is 6. The van der Waals surface area contributed by atoms with Gasteiger partial charge in [-0.2, -0.15) is 4.72 Å². The fourth-order valence-corrected chi connectivity index (χ4v) is 2.40. The van der Waals surface area contributed by atoms with Gasteiger partial charge in [0.25, 0.3) is 0 Å². The van der Waals surface area contributed by atoms with Gasteiger partial charge in [-0.15, -0.1) is 0 Å². The van der Waals surface area contributed by atoms with Crippen LogP contribution in [0, 0.1) is 6.92 Å². The van der Waals surface area contributed by atoms with Crippen molar-refractivity contribution < 1.29 is 38.4 Å².